The van der Waals surface area contributed by atoms with Gasteiger partial charge in [-0.1, -0.05) is 17.7 Å². The standard InChI is InChI=1S/C14H16ClF3N2O2S.ClH/c15-12-3-1-2-11(14(16,17)18)13(12)23(21,22)20-9-4-5-10(20)8-19-7-6-9;/h1-3,9-10,19H,4-8H2;1H. The zero-order valence-corrected chi connectivity index (χ0v) is 14.9. The van der Waals surface area contributed by atoms with E-state index in [0.29, 0.717) is 32.4 Å². The first kappa shape index (κ1) is 19.8. The number of halogens is 5. The Morgan fingerprint density at radius 1 is 1.17 bits per heavy atom. The lowest BCUT2D eigenvalue weighted by Gasteiger charge is -2.28. The molecule has 2 fully saturated rings. The second-order valence-corrected chi connectivity index (χ2v) is 8.01. The van der Waals surface area contributed by atoms with Gasteiger partial charge in [0, 0.05) is 18.6 Å². The lowest BCUT2D eigenvalue weighted by Crippen LogP contribution is -2.43. The zero-order chi connectivity index (χ0) is 16.8. The van der Waals surface area contributed by atoms with Crippen LogP contribution in [0, 0.1) is 0 Å². The third kappa shape index (κ3) is 3.39. The minimum absolute atomic E-state index is 0. The molecule has 136 valence electrons. The molecule has 2 atom stereocenters. The van der Waals surface area contributed by atoms with Crippen LogP contribution in [0.4, 0.5) is 13.2 Å². The predicted octanol–water partition coefficient (Wildman–Crippen LogP) is 3.30. The molecule has 2 saturated heterocycles. The molecule has 2 unspecified atom stereocenters. The SMILES string of the molecule is Cl.O=S(=O)(c1c(Cl)cccc1C(F)(F)F)N1C2CCNCC1CC2. The number of nitrogens with zero attached hydrogens (tertiary/aromatic N) is 1. The average Bonchev–Trinajstić information content (AvgIpc) is 2.71. The Kier molecular flexibility index (Phi) is 5.76. The number of sulfonamides is 1. The summed E-state index contributed by atoms with van der Waals surface area (Å²) in [7, 11) is -4.32. The first-order chi connectivity index (χ1) is 10.7. The van der Waals surface area contributed by atoms with E-state index in [2.05, 4.69) is 5.32 Å². The first-order valence-electron chi connectivity index (χ1n) is 7.33. The largest absolute Gasteiger partial charge is 0.417 e. The summed E-state index contributed by atoms with van der Waals surface area (Å²) in [6.45, 7) is 1.10. The van der Waals surface area contributed by atoms with Gasteiger partial charge in [-0.3, -0.25) is 0 Å². The Labute approximate surface area is 149 Å². The van der Waals surface area contributed by atoms with Gasteiger partial charge in [0.05, 0.1) is 10.6 Å². The zero-order valence-electron chi connectivity index (χ0n) is 12.5. The number of fused-ring (bicyclic) bond motifs is 2. The lowest BCUT2D eigenvalue weighted by molar-refractivity contribution is -0.139. The van der Waals surface area contributed by atoms with Crippen LogP contribution in [0.25, 0.3) is 0 Å². The number of benzene rings is 1. The van der Waals surface area contributed by atoms with Gasteiger partial charge in [-0.25, -0.2) is 8.42 Å². The molecule has 3 rings (SSSR count). The Morgan fingerprint density at radius 2 is 1.83 bits per heavy atom. The Hall–Kier alpha value is -0.540. The van der Waals surface area contributed by atoms with Crippen LogP contribution in [0.1, 0.15) is 24.8 Å². The molecule has 0 saturated carbocycles. The summed E-state index contributed by atoms with van der Waals surface area (Å²) in [6, 6.07) is 2.45. The summed E-state index contributed by atoms with van der Waals surface area (Å²) < 4.78 is 67.0. The van der Waals surface area contributed by atoms with E-state index in [4.69, 9.17) is 11.6 Å². The highest BCUT2D eigenvalue weighted by Gasteiger charge is 2.47. The van der Waals surface area contributed by atoms with Crippen molar-refractivity contribution in [2.24, 2.45) is 0 Å². The first-order valence-corrected chi connectivity index (χ1v) is 9.14. The molecule has 2 heterocycles. The highest BCUT2D eigenvalue weighted by Crippen LogP contribution is 2.42. The third-order valence-corrected chi connectivity index (χ3v) is 6.93. The Balaban J connectivity index is 0.00000208. The van der Waals surface area contributed by atoms with Crippen LogP contribution in [0.15, 0.2) is 23.1 Å². The summed E-state index contributed by atoms with van der Waals surface area (Å²) in [5, 5.41) is 2.74. The maximum absolute atomic E-state index is 13.3. The van der Waals surface area contributed by atoms with Crippen molar-refractivity contribution in [3.8, 4) is 0 Å². The van der Waals surface area contributed by atoms with Gasteiger partial charge >= 0.3 is 6.18 Å². The highest BCUT2D eigenvalue weighted by atomic mass is 35.5. The quantitative estimate of drug-likeness (QED) is 0.822. The number of hydrogen-bond acceptors (Lipinski definition) is 3. The maximum atomic E-state index is 13.3. The van der Waals surface area contributed by atoms with Crippen LogP contribution in [-0.2, 0) is 16.2 Å². The van der Waals surface area contributed by atoms with Gasteiger partial charge in [-0.05, 0) is 37.9 Å². The Bertz CT molecular complexity index is 698. The molecule has 2 aliphatic heterocycles. The van der Waals surface area contributed by atoms with Crippen molar-refractivity contribution in [3.05, 3.63) is 28.8 Å². The van der Waals surface area contributed by atoms with Crippen LogP contribution >= 0.6 is 24.0 Å². The van der Waals surface area contributed by atoms with Gasteiger partial charge in [-0.15, -0.1) is 12.4 Å². The molecule has 0 spiro atoms. The fourth-order valence-corrected chi connectivity index (χ4v) is 6.06. The van der Waals surface area contributed by atoms with E-state index < -0.39 is 31.7 Å². The molecule has 0 aliphatic carbocycles. The number of nitrogens with one attached hydrogen (secondary N) is 1. The molecule has 10 heteroatoms. The smallest absolute Gasteiger partial charge is 0.315 e. The van der Waals surface area contributed by atoms with Gasteiger partial charge in [0.1, 0.15) is 4.90 Å². The van der Waals surface area contributed by atoms with Gasteiger partial charge in [0.25, 0.3) is 0 Å². The Morgan fingerprint density at radius 3 is 2.50 bits per heavy atom. The van der Waals surface area contributed by atoms with E-state index in [1.807, 2.05) is 0 Å². The van der Waals surface area contributed by atoms with Crippen LogP contribution < -0.4 is 5.32 Å². The molecule has 4 nitrogen and oxygen atoms in total. The summed E-state index contributed by atoms with van der Waals surface area (Å²) >= 11 is 5.87. The predicted molar refractivity (Wildman–Crippen MR) is 87.0 cm³/mol. The van der Waals surface area contributed by atoms with Crippen molar-refractivity contribution >= 4 is 34.0 Å². The van der Waals surface area contributed by atoms with E-state index in [-0.39, 0.29) is 24.5 Å². The van der Waals surface area contributed by atoms with Crippen molar-refractivity contribution in [1.29, 1.82) is 0 Å². The van der Waals surface area contributed by atoms with Gasteiger partial charge in [0.15, 0.2) is 0 Å². The minimum Gasteiger partial charge on any atom is -0.315 e. The van der Waals surface area contributed by atoms with Crippen LogP contribution in [0.2, 0.25) is 5.02 Å². The van der Waals surface area contributed by atoms with Gasteiger partial charge in [0.2, 0.25) is 10.0 Å². The molecule has 1 aromatic rings. The summed E-state index contributed by atoms with van der Waals surface area (Å²) in [5.41, 5.74) is -1.21. The topological polar surface area (TPSA) is 49.4 Å². The third-order valence-electron chi connectivity index (χ3n) is 4.40. The second kappa shape index (κ2) is 6.99. The minimum atomic E-state index is -4.78. The molecule has 1 N–H and O–H groups in total. The summed E-state index contributed by atoms with van der Waals surface area (Å²) in [4.78, 5) is -0.826. The molecule has 2 aliphatic rings. The van der Waals surface area contributed by atoms with E-state index in [1.165, 1.54) is 10.4 Å². The normalized spacial score (nSPS) is 25.2. The molecule has 0 radical (unpaired) electrons. The fraction of sp³-hybridized carbons (Fsp3) is 0.571. The molecule has 0 amide bonds. The van der Waals surface area contributed by atoms with Crippen LogP contribution in [0.3, 0.4) is 0 Å². The molecule has 24 heavy (non-hydrogen) atoms. The van der Waals surface area contributed by atoms with Crippen molar-refractivity contribution in [3.63, 3.8) is 0 Å². The average molecular weight is 405 g/mol. The van der Waals surface area contributed by atoms with Gasteiger partial charge in [-0.2, -0.15) is 17.5 Å². The van der Waals surface area contributed by atoms with Crippen molar-refractivity contribution in [1.82, 2.24) is 9.62 Å². The molecular weight excluding hydrogens is 388 g/mol. The number of alkyl halides is 3. The molecule has 1 aromatic carbocycles. The monoisotopic (exact) mass is 404 g/mol. The molecule has 2 bridgehead atoms. The maximum Gasteiger partial charge on any atom is 0.417 e. The highest BCUT2D eigenvalue weighted by molar-refractivity contribution is 7.89. The number of hydrogen-bond donors (Lipinski definition) is 1. The van der Waals surface area contributed by atoms with Gasteiger partial charge < -0.3 is 5.32 Å². The lowest BCUT2D eigenvalue weighted by atomic mass is 10.1. The fourth-order valence-electron chi connectivity index (χ4n) is 3.43. The molecular formula is C14H17Cl2F3N2O2S. The van der Waals surface area contributed by atoms with Crippen molar-refractivity contribution in [2.45, 2.75) is 42.4 Å². The second-order valence-electron chi connectivity index (χ2n) is 5.83. The van der Waals surface area contributed by atoms with E-state index in [0.717, 1.165) is 12.1 Å². The van der Waals surface area contributed by atoms with E-state index in [9.17, 15) is 21.6 Å². The summed E-state index contributed by atoms with van der Waals surface area (Å²) in [5.74, 6) is 0. The van der Waals surface area contributed by atoms with Crippen LogP contribution in [0.5, 0.6) is 0 Å². The van der Waals surface area contributed by atoms with E-state index >= 15 is 0 Å². The number of rotatable bonds is 2. The summed E-state index contributed by atoms with van der Waals surface area (Å²) in [6.07, 6.45) is -2.89. The van der Waals surface area contributed by atoms with Crippen LogP contribution in [-0.4, -0.2) is 37.9 Å². The van der Waals surface area contributed by atoms with E-state index in [1.54, 1.807) is 0 Å². The molecule has 0 aromatic heterocycles. The van der Waals surface area contributed by atoms with Crippen molar-refractivity contribution < 1.29 is 21.6 Å². The van der Waals surface area contributed by atoms with Crippen molar-refractivity contribution in [2.75, 3.05) is 13.1 Å².